The number of piperidine rings is 1. The van der Waals surface area contributed by atoms with Gasteiger partial charge in [-0.15, -0.1) is 0 Å². The quantitative estimate of drug-likeness (QED) is 0.676. The molecule has 0 aliphatic carbocycles. The Morgan fingerprint density at radius 3 is 2.39 bits per heavy atom. The van der Waals surface area contributed by atoms with Gasteiger partial charge >= 0.3 is 0 Å². The number of amides is 1. The minimum Gasteiger partial charge on any atom is -0.387 e. The second kappa shape index (κ2) is 6.58. The number of β-amino-alcohol motifs (C(OH)–C–C–N with tert-alkyl or cyclic N) is 1. The first-order valence-corrected chi connectivity index (χ1v) is 9.42. The molecule has 0 bridgehead atoms. The number of halogens is 2. The molecule has 1 amide bonds. The summed E-state index contributed by atoms with van der Waals surface area (Å²) in [5.41, 5.74) is -1.13. The lowest BCUT2D eigenvalue weighted by molar-refractivity contribution is -0.130. The van der Waals surface area contributed by atoms with E-state index in [4.69, 9.17) is 0 Å². The predicted molar refractivity (Wildman–Crippen MR) is 79.6 cm³/mol. The van der Waals surface area contributed by atoms with Crippen LogP contribution in [0.25, 0.3) is 0 Å². The second-order valence-corrected chi connectivity index (χ2v) is 8.35. The summed E-state index contributed by atoms with van der Waals surface area (Å²) in [4.78, 5) is 15.1. The van der Waals surface area contributed by atoms with Crippen LogP contribution in [-0.4, -0.2) is 86.3 Å². The van der Waals surface area contributed by atoms with Crippen LogP contribution in [0.5, 0.6) is 0 Å². The highest BCUT2D eigenvalue weighted by atomic mass is 32.2. The number of hydrogen-bond acceptors (Lipinski definition) is 5. The second-order valence-electron chi connectivity index (χ2n) is 6.52. The topological polar surface area (TPSA) is 90.0 Å². The molecular formula is C13H23F2N3O4S. The Bertz CT molecular complexity index is 547. The number of alkyl halides is 2. The Balaban J connectivity index is 1.82. The average molecular weight is 355 g/mol. The summed E-state index contributed by atoms with van der Waals surface area (Å²) in [5, 5.41) is 10.6. The van der Waals surface area contributed by atoms with Gasteiger partial charge in [0.15, 0.2) is 0 Å². The van der Waals surface area contributed by atoms with Crippen LogP contribution in [0, 0.1) is 0 Å². The maximum absolute atomic E-state index is 13.1. The van der Waals surface area contributed by atoms with Gasteiger partial charge in [0.1, 0.15) is 0 Å². The van der Waals surface area contributed by atoms with Crippen LogP contribution in [0.4, 0.5) is 8.78 Å². The molecule has 0 saturated carbocycles. The zero-order chi connectivity index (χ0) is 17.3. The van der Waals surface area contributed by atoms with Crippen LogP contribution in [0.1, 0.15) is 19.3 Å². The molecule has 2 aliphatic rings. The molecule has 2 saturated heterocycles. The Kier molecular flexibility index (Phi) is 5.29. The Morgan fingerprint density at radius 2 is 1.83 bits per heavy atom. The molecule has 2 fully saturated rings. The van der Waals surface area contributed by atoms with Crippen molar-refractivity contribution >= 4 is 15.9 Å². The molecule has 1 unspecified atom stereocenters. The number of sulfonamides is 1. The number of hydrogen-bond donors (Lipinski definition) is 2. The van der Waals surface area contributed by atoms with Crippen molar-refractivity contribution in [2.45, 2.75) is 30.8 Å². The lowest BCUT2D eigenvalue weighted by Crippen LogP contribution is -2.50. The van der Waals surface area contributed by atoms with Gasteiger partial charge in [-0.2, -0.15) is 0 Å². The van der Waals surface area contributed by atoms with E-state index in [9.17, 15) is 27.1 Å². The van der Waals surface area contributed by atoms with Crippen LogP contribution in [0.3, 0.4) is 0 Å². The van der Waals surface area contributed by atoms with Gasteiger partial charge in [0.25, 0.3) is 5.92 Å². The number of rotatable bonds is 5. The summed E-state index contributed by atoms with van der Waals surface area (Å²) in [7, 11) is -3.45. The Hall–Kier alpha value is -0.840. The fourth-order valence-electron chi connectivity index (χ4n) is 2.96. The normalized spacial score (nSPS) is 29.0. The predicted octanol–water partition coefficient (Wildman–Crippen LogP) is -0.770. The largest absolute Gasteiger partial charge is 0.387 e. The lowest BCUT2D eigenvalue weighted by Gasteiger charge is -2.36. The Morgan fingerprint density at radius 1 is 1.22 bits per heavy atom. The van der Waals surface area contributed by atoms with E-state index in [0.717, 1.165) is 6.26 Å². The van der Waals surface area contributed by atoms with E-state index < -0.39 is 27.5 Å². The fourth-order valence-corrected chi connectivity index (χ4v) is 3.34. The van der Waals surface area contributed by atoms with E-state index in [1.165, 1.54) is 4.90 Å². The summed E-state index contributed by atoms with van der Waals surface area (Å²) >= 11 is 0. The molecule has 0 aromatic carbocycles. The van der Waals surface area contributed by atoms with Gasteiger partial charge in [-0.1, -0.05) is 0 Å². The molecular weight excluding hydrogens is 332 g/mol. The molecule has 0 spiro atoms. The average Bonchev–Trinajstić information content (AvgIpc) is 2.80. The van der Waals surface area contributed by atoms with Crippen molar-refractivity contribution in [1.29, 1.82) is 0 Å². The summed E-state index contributed by atoms with van der Waals surface area (Å²) in [6, 6.07) is 0. The molecule has 10 heteroatoms. The van der Waals surface area contributed by atoms with E-state index in [-0.39, 0.29) is 45.6 Å². The first-order chi connectivity index (χ1) is 10.5. The highest BCUT2D eigenvalue weighted by molar-refractivity contribution is 7.88. The third-order valence-electron chi connectivity index (χ3n) is 4.28. The number of carbonyl (C=O) groups is 1. The number of nitrogens with zero attached hydrogens (tertiary/aromatic N) is 2. The SMILES string of the molecule is CS(=O)(=O)NCC(=O)N1CCC(O)(CN2CCC(F)(F)CC2)C1. The summed E-state index contributed by atoms with van der Waals surface area (Å²) in [6.45, 7) is 0.754. The van der Waals surface area contributed by atoms with Crippen molar-refractivity contribution in [2.24, 2.45) is 0 Å². The van der Waals surface area contributed by atoms with E-state index in [0.29, 0.717) is 13.0 Å². The van der Waals surface area contributed by atoms with Gasteiger partial charge in [0, 0.05) is 39.0 Å². The fraction of sp³-hybridized carbons (Fsp3) is 0.923. The van der Waals surface area contributed by atoms with Crippen molar-refractivity contribution in [2.75, 3.05) is 45.5 Å². The van der Waals surface area contributed by atoms with E-state index in [1.807, 2.05) is 0 Å². The first-order valence-electron chi connectivity index (χ1n) is 7.53. The van der Waals surface area contributed by atoms with Crippen molar-refractivity contribution in [3.05, 3.63) is 0 Å². The summed E-state index contributed by atoms with van der Waals surface area (Å²) in [6.07, 6.45) is 0.880. The minimum atomic E-state index is -3.45. The van der Waals surface area contributed by atoms with Gasteiger partial charge in [0.2, 0.25) is 15.9 Å². The van der Waals surface area contributed by atoms with Crippen LogP contribution in [0.2, 0.25) is 0 Å². The highest BCUT2D eigenvalue weighted by Gasteiger charge is 2.42. The van der Waals surface area contributed by atoms with Gasteiger partial charge in [-0.3, -0.25) is 9.69 Å². The molecule has 134 valence electrons. The summed E-state index contributed by atoms with van der Waals surface area (Å²) < 4.78 is 50.4. The molecule has 0 aromatic heterocycles. The van der Waals surface area contributed by atoms with Gasteiger partial charge < -0.3 is 10.0 Å². The maximum atomic E-state index is 13.1. The van der Waals surface area contributed by atoms with Crippen molar-refractivity contribution in [3.63, 3.8) is 0 Å². The molecule has 7 nitrogen and oxygen atoms in total. The smallest absolute Gasteiger partial charge is 0.250 e. The van der Waals surface area contributed by atoms with Crippen LogP contribution < -0.4 is 4.72 Å². The van der Waals surface area contributed by atoms with E-state index in [2.05, 4.69) is 4.72 Å². The number of carbonyl (C=O) groups excluding carboxylic acids is 1. The molecule has 2 N–H and O–H groups in total. The molecule has 23 heavy (non-hydrogen) atoms. The first kappa shape index (κ1) is 18.5. The lowest BCUT2D eigenvalue weighted by atomic mass is 10.00. The van der Waals surface area contributed by atoms with E-state index in [1.54, 1.807) is 4.90 Å². The molecule has 2 rings (SSSR count). The third kappa shape index (κ3) is 5.63. The van der Waals surface area contributed by atoms with Crippen LogP contribution in [0.15, 0.2) is 0 Å². The molecule has 2 aliphatic heterocycles. The maximum Gasteiger partial charge on any atom is 0.250 e. The monoisotopic (exact) mass is 355 g/mol. The van der Waals surface area contributed by atoms with Crippen LogP contribution >= 0.6 is 0 Å². The van der Waals surface area contributed by atoms with Gasteiger partial charge in [0.05, 0.1) is 24.9 Å². The zero-order valence-corrected chi connectivity index (χ0v) is 13.9. The third-order valence-corrected chi connectivity index (χ3v) is 4.94. The zero-order valence-electron chi connectivity index (χ0n) is 13.1. The van der Waals surface area contributed by atoms with Crippen molar-refractivity contribution in [3.8, 4) is 0 Å². The Labute approximate surface area is 134 Å². The number of nitrogens with one attached hydrogen (secondary N) is 1. The van der Waals surface area contributed by atoms with Crippen molar-refractivity contribution < 1.29 is 27.1 Å². The molecule has 1 atom stereocenters. The molecule has 0 radical (unpaired) electrons. The number of likely N-dealkylation sites (tertiary alicyclic amines) is 2. The minimum absolute atomic E-state index is 0.0875. The standard InChI is InChI=1S/C13H23F2N3O4S/c1-23(21,22)16-8-11(19)18-7-2-12(20,10-18)9-17-5-3-13(14,15)4-6-17/h16,20H,2-10H2,1H3. The van der Waals surface area contributed by atoms with Gasteiger partial charge in [-0.25, -0.2) is 21.9 Å². The number of aliphatic hydroxyl groups is 1. The van der Waals surface area contributed by atoms with E-state index >= 15 is 0 Å². The summed E-state index contributed by atoms with van der Waals surface area (Å²) in [5.74, 6) is -3.04. The molecule has 0 aromatic rings. The van der Waals surface area contributed by atoms with Crippen LogP contribution in [-0.2, 0) is 14.8 Å². The molecule has 2 heterocycles. The van der Waals surface area contributed by atoms with Gasteiger partial charge in [-0.05, 0) is 6.42 Å². The van der Waals surface area contributed by atoms with Crippen molar-refractivity contribution in [1.82, 2.24) is 14.5 Å². The highest BCUT2D eigenvalue weighted by Crippen LogP contribution is 2.30.